The Bertz CT molecular complexity index is 1330. The molecule has 0 saturated carbocycles. The third-order valence-corrected chi connectivity index (χ3v) is 47.8. The molecular weight excluding hydrogens is 567 g/mol. The van der Waals surface area contributed by atoms with E-state index < -0.39 is 17.1 Å². The summed E-state index contributed by atoms with van der Waals surface area (Å²) < 4.78 is 4.00. The van der Waals surface area contributed by atoms with E-state index in [1.807, 2.05) is 0 Å². The van der Waals surface area contributed by atoms with E-state index in [2.05, 4.69) is 140 Å². The summed E-state index contributed by atoms with van der Waals surface area (Å²) in [6.07, 6.45) is 9.84. The number of benzene rings is 4. The van der Waals surface area contributed by atoms with Crippen LogP contribution in [0.1, 0.15) is 32.5 Å². The Labute approximate surface area is 195 Å². The molecule has 2 unspecified atom stereocenters. The van der Waals surface area contributed by atoms with Crippen LogP contribution < -0.4 is 6.64 Å². The average molecular weight is 595 g/mol. The second-order valence-electron chi connectivity index (χ2n) is 9.29. The zero-order valence-electron chi connectivity index (χ0n) is 20.1. The first-order chi connectivity index (χ1) is 15.7. The number of rotatable bonds is 4. The predicted octanol–water partition coefficient (Wildman–Crippen LogP) is 5.64. The third-order valence-electron chi connectivity index (χ3n) is 7.93. The standard InChI is InChI=1S/2C9H7.2C6H5.Hf.H2Si.2H/c2*1-2-5-9-7-3-6-8(9)4-1;2*1-2-4-6-5-3-1;;;;/h2*1-7H;2*1-5H;;1H2;;/q;;;;;;2*-1. The van der Waals surface area contributed by atoms with Crippen LogP contribution in [0.4, 0.5) is 0 Å². The Morgan fingerprint density at radius 1 is 0.500 bits per heavy atom. The molecule has 0 radical (unpaired) electrons. The minimum absolute atomic E-state index is 0. The Morgan fingerprint density at radius 2 is 0.875 bits per heavy atom. The van der Waals surface area contributed by atoms with Crippen molar-refractivity contribution in [2.24, 2.45) is 0 Å². The van der Waals surface area contributed by atoms with Gasteiger partial charge in [-0.05, 0) is 0 Å². The van der Waals surface area contributed by atoms with Crippen LogP contribution in [0.5, 0.6) is 0 Å². The van der Waals surface area contributed by atoms with Gasteiger partial charge in [0.15, 0.2) is 0 Å². The molecule has 158 valence electrons. The molecule has 0 nitrogen and oxygen atoms in total. The van der Waals surface area contributed by atoms with Gasteiger partial charge < -0.3 is 2.85 Å². The molecule has 2 heteroatoms. The second-order valence-corrected chi connectivity index (χ2v) is 42.1. The molecule has 32 heavy (non-hydrogen) atoms. The van der Waals surface area contributed by atoms with Crippen LogP contribution >= 0.6 is 0 Å². The summed E-state index contributed by atoms with van der Waals surface area (Å²) in [6.45, 7) is 2.41. The topological polar surface area (TPSA) is 0 Å². The zero-order chi connectivity index (χ0) is 21.6. The van der Waals surface area contributed by atoms with Crippen LogP contribution in [0.2, 0.25) is 0 Å². The first-order valence-electron chi connectivity index (χ1n) is 11.4. The molecule has 0 aromatic heterocycles. The van der Waals surface area contributed by atoms with Crippen LogP contribution in [0.3, 0.4) is 0 Å². The van der Waals surface area contributed by atoms with Gasteiger partial charge in [0.05, 0.1) is 0 Å². The molecule has 4 aromatic carbocycles. The van der Waals surface area contributed by atoms with Crippen molar-refractivity contribution in [3.05, 3.63) is 144 Å². The van der Waals surface area contributed by atoms with Crippen molar-refractivity contribution >= 4 is 25.7 Å². The Morgan fingerprint density at radius 3 is 1.31 bits per heavy atom. The van der Waals surface area contributed by atoms with Gasteiger partial charge in [-0.2, -0.15) is 0 Å². The first-order valence-corrected chi connectivity index (χ1v) is 27.5. The van der Waals surface area contributed by atoms with Crippen molar-refractivity contribution in [3.63, 3.8) is 0 Å². The normalized spacial score (nSPS) is 19.0. The predicted molar refractivity (Wildman–Crippen MR) is 139 cm³/mol. The SMILES string of the molecule is [H-].[H-].[SiH2]=[Hf]([c]1ccccc1)([c]1ccccc1)([CH]1C=Cc2ccccc21)[CH]1C=Cc2ccccc21. The summed E-state index contributed by atoms with van der Waals surface area (Å²) in [4.78, 5) is 0. The minimum atomic E-state index is -4.30. The van der Waals surface area contributed by atoms with Gasteiger partial charge in [0.1, 0.15) is 0 Å². The molecule has 2 atom stereocenters. The van der Waals surface area contributed by atoms with Crippen LogP contribution in [-0.4, -0.2) is 6.94 Å². The van der Waals surface area contributed by atoms with E-state index in [0.717, 1.165) is 0 Å². The van der Waals surface area contributed by atoms with Gasteiger partial charge in [0.25, 0.3) is 0 Å². The van der Waals surface area contributed by atoms with Gasteiger partial charge in [0.2, 0.25) is 0 Å². The van der Waals surface area contributed by atoms with E-state index in [4.69, 9.17) is 0 Å². The Hall–Kier alpha value is -2.55. The molecule has 0 spiro atoms. The van der Waals surface area contributed by atoms with Gasteiger partial charge in [-0.3, -0.25) is 0 Å². The summed E-state index contributed by atoms with van der Waals surface area (Å²) in [7, 11) is 0. The number of hydrogen-bond donors (Lipinski definition) is 0. The van der Waals surface area contributed by atoms with Gasteiger partial charge in [-0.25, -0.2) is 0 Å². The molecule has 4 aromatic rings. The molecule has 0 bridgehead atoms. The molecule has 0 fully saturated rings. The van der Waals surface area contributed by atoms with Crippen molar-refractivity contribution < 1.29 is 20.0 Å². The second kappa shape index (κ2) is 7.50. The van der Waals surface area contributed by atoms with Gasteiger partial charge in [0, 0.05) is 0 Å². The number of allylic oxidation sites excluding steroid dienone is 2. The van der Waals surface area contributed by atoms with E-state index in [0.29, 0.717) is 7.35 Å². The van der Waals surface area contributed by atoms with Crippen LogP contribution in [0.25, 0.3) is 12.2 Å². The molecule has 2 aliphatic rings. The van der Waals surface area contributed by atoms with Gasteiger partial charge >= 0.3 is 194 Å². The quantitative estimate of drug-likeness (QED) is 0.269. The fourth-order valence-corrected chi connectivity index (χ4v) is 41.7. The Balaban J connectivity index is 0.00000137. The summed E-state index contributed by atoms with van der Waals surface area (Å²) in [6, 6.07) is 41.1. The van der Waals surface area contributed by atoms with Crippen molar-refractivity contribution in [2.75, 3.05) is 0 Å². The molecule has 2 aliphatic carbocycles. The van der Waals surface area contributed by atoms with Gasteiger partial charge in [-0.15, -0.1) is 0 Å². The molecule has 0 N–H and O–H groups in total. The number of fused-ring (bicyclic) bond motifs is 2. The van der Waals surface area contributed by atoms with E-state index in [9.17, 15) is 0 Å². The summed E-state index contributed by atoms with van der Waals surface area (Å²) in [5.41, 5.74) is 5.77. The van der Waals surface area contributed by atoms with E-state index in [1.165, 1.54) is 22.3 Å². The van der Waals surface area contributed by atoms with E-state index in [-0.39, 0.29) is 2.85 Å². The third kappa shape index (κ3) is 2.63. The fraction of sp³-hybridized carbons (Fsp3) is 0.0667. The van der Waals surface area contributed by atoms with Crippen LogP contribution in [0, 0.1) is 0 Å². The van der Waals surface area contributed by atoms with Crippen molar-refractivity contribution in [1.29, 1.82) is 0 Å². The molecule has 0 aliphatic heterocycles. The molecular formula is C30H28HfSi-2. The Kier molecular flexibility index (Phi) is 4.71. The summed E-state index contributed by atoms with van der Waals surface area (Å²) >= 11 is -4.30. The molecule has 0 heterocycles. The monoisotopic (exact) mass is 596 g/mol. The number of hydrogen-bond acceptors (Lipinski definition) is 0. The van der Waals surface area contributed by atoms with Gasteiger partial charge in [-0.1, -0.05) is 0 Å². The van der Waals surface area contributed by atoms with Crippen molar-refractivity contribution in [2.45, 2.75) is 7.35 Å². The summed E-state index contributed by atoms with van der Waals surface area (Å²) in [5, 5.41) is 0. The maximum absolute atomic E-state index is 4.30. The maximum atomic E-state index is 2.54. The zero-order valence-corrected chi connectivity index (χ0v) is 23.1. The van der Waals surface area contributed by atoms with E-state index >= 15 is 0 Å². The van der Waals surface area contributed by atoms with Crippen molar-refractivity contribution in [1.82, 2.24) is 0 Å². The average Bonchev–Trinajstić information content (AvgIpc) is 3.50. The van der Waals surface area contributed by atoms with Crippen molar-refractivity contribution in [3.8, 4) is 0 Å². The summed E-state index contributed by atoms with van der Waals surface area (Å²) in [5.74, 6) is 0. The fourth-order valence-electron chi connectivity index (χ4n) is 6.39. The molecule has 0 saturated heterocycles. The molecule has 0 amide bonds. The van der Waals surface area contributed by atoms with Crippen LogP contribution in [0.15, 0.2) is 121 Å². The molecule has 6 rings (SSSR count). The van der Waals surface area contributed by atoms with E-state index in [1.54, 1.807) is 6.64 Å². The first kappa shape index (κ1) is 20.1. The van der Waals surface area contributed by atoms with Crippen LogP contribution in [-0.2, 0) is 17.1 Å².